The van der Waals surface area contributed by atoms with E-state index in [4.69, 9.17) is 4.74 Å². The van der Waals surface area contributed by atoms with Crippen molar-refractivity contribution < 1.29 is 4.74 Å². The summed E-state index contributed by atoms with van der Waals surface area (Å²) in [6.45, 7) is 3.21. The Morgan fingerprint density at radius 1 is 1.53 bits per heavy atom. The molecule has 1 atom stereocenters. The van der Waals surface area contributed by atoms with Crippen LogP contribution in [0.2, 0.25) is 0 Å². The Labute approximate surface area is 103 Å². The summed E-state index contributed by atoms with van der Waals surface area (Å²) in [5.74, 6) is 0.675. The van der Waals surface area contributed by atoms with Crippen LogP contribution in [0.4, 0.5) is 0 Å². The van der Waals surface area contributed by atoms with E-state index in [9.17, 15) is 0 Å². The molecule has 2 heterocycles. The number of hydrogen-bond donors (Lipinski definition) is 1. The van der Waals surface area contributed by atoms with E-state index in [0.29, 0.717) is 11.9 Å². The fourth-order valence-electron chi connectivity index (χ4n) is 2.29. The number of nitrogens with one attached hydrogen (secondary N) is 1. The minimum atomic E-state index is 0.659. The SMILES string of the molecule is COc1ccc(CN(C)CC2CCCN2)cn1. The lowest BCUT2D eigenvalue weighted by atomic mass is 10.2. The third-order valence-corrected chi connectivity index (χ3v) is 3.15. The van der Waals surface area contributed by atoms with Crippen LogP contribution in [0.3, 0.4) is 0 Å². The van der Waals surface area contributed by atoms with E-state index in [-0.39, 0.29) is 0 Å². The highest BCUT2D eigenvalue weighted by Gasteiger charge is 2.15. The molecule has 1 fully saturated rings. The Hall–Kier alpha value is -1.13. The van der Waals surface area contributed by atoms with E-state index in [1.807, 2.05) is 12.3 Å². The van der Waals surface area contributed by atoms with Gasteiger partial charge >= 0.3 is 0 Å². The van der Waals surface area contributed by atoms with Crippen LogP contribution in [0, 0.1) is 0 Å². The molecule has 1 aliphatic heterocycles. The van der Waals surface area contributed by atoms with E-state index < -0.39 is 0 Å². The standard InChI is InChI=1S/C13H21N3O/c1-16(10-12-4-3-7-14-12)9-11-5-6-13(17-2)15-8-11/h5-6,8,12,14H,3-4,7,9-10H2,1-2H3. The number of pyridine rings is 1. The number of methoxy groups -OCH3 is 1. The zero-order valence-corrected chi connectivity index (χ0v) is 10.6. The molecule has 0 bridgehead atoms. The number of aromatic nitrogens is 1. The van der Waals surface area contributed by atoms with Gasteiger partial charge in [-0.2, -0.15) is 0 Å². The molecule has 1 unspecified atom stereocenters. The first kappa shape index (κ1) is 12.3. The monoisotopic (exact) mass is 235 g/mol. The van der Waals surface area contributed by atoms with E-state index in [2.05, 4.69) is 28.3 Å². The maximum atomic E-state index is 5.05. The highest BCUT2D eigenvalue weighted by Crippen LogP contribution is 2.10. The van der Waals surface area contributed by atoms with Gasteiger partial charge in [0.2, 0.25) is 5.88 Å². The van der Waals surface area contributed by atoms with Crippen LogP contribution in [0.15, 0.2) is 18.3 Å². The molecule has 0 radical (unpaired) electrons. The van der Waals surface area contributed by atoms with Crippen molar-refractivity contribution in [3.05, 3.63) is 23.9 Å². The van der Waals surface area contributed by atoms with Gasteiger partial charge in [0.15, 0.2) is 0 Å². The van der Waals surface area contributed by atoms with Gasteiger partial charge in [0.05, 0.1) is 7.11 Å². The molecule has 0 aliphatic carbocycles. The van der Waals surface area contributed by atoms with Crippen LogP contribution in [-0.2, 0) is 6.54 Å². The average molecular weight is 235 g/mol. The van der Waals surface area contributed by atoms with E-state index in [0.717, 1.165) is 13.1 Å². The first-order valence-corrected chi connectivity index (χ1v) is 6.19. The first-order valence-electron chi connectivity index (χ1n) is 6.19. The fraction of sp³-hybridized carbons (Fsp3) is 0.615. The fourth-order valence-corrected chi connectivity index (χ4v) is 2.29. The summed E-state index contributed by atoms with van der Waals surface area (Å²) in [5.41, 5.74) is 1.23. The van der Waals surface area contributed by atoms with Crippen LogP contribution in [0.25, 0.3) is 0 Å². The normalized spacial score (nSPS) is 19.8. The van der Waals surface area contributed by atoms with Gasteiger partial charge in [-0.1, -0.05) is 6.07 Å². The van der Waals surface area contributed by atoms with Crippen molar-refractivity contribution >= 4 is 0 Å². The predicted molar refractivity (Wildman–Crippen MR) is 68.1 cm³/mol. The molecule has 0 saturated carbocycles. The summed E-state index contributed by atoms with van der Waals surface area (Å²) in [6.07, 6.45) is 4.49. The van der Waals surface area contributed by atoms with Gasteiger partial charge in [-0.25, -0.2) is 4.98 Å². The Kier molecular flexibility index (Phi) is 4.34. The van der Waals surface area contributed by atoms with Crippen LogP contribution in [0.1, 0.15) is 18.4 Å². The molecular weight excluding hydrogens is 214 g/mol. The summed E-state index contributed by atoms with van der Waals surface area (Å²) in [4.78, 5) is 6.56. The Balaban J connectivity index is 1.81. The van der Waals surface area contributed by atoms with Crippen molar-refractivity contribution in [3.8, 4) is 5.88 Å². The third-order valence-electron chi connectivity index (χ3n) is 3.15. The van der Waals surface area contributed by atoms with Crippen molar-refractivity contribution in [3.63, 3.8) is 0 Å². The number of ether oxygens (including phenoxy) is 1. The van der Waals surface area contributed by atoms with Gasteiger partial charge in [0.1, 0.15) is 0 Å². The van der Waals surface area contributed by atoms with Gasteiger partial charge in [-0.05, 0) is 32.0 Å². The lowest BCUT2D eigenvalue weighted by molar-refractivity contribution is 0.292. The molecule has 1 aromatic heterocycles. The van der Waals surface area contributed by atoms with E-state index in [1.54, 1.807) is 7.11 Å². The summed E-state index contributed by atoms with van der Waals surface area (Å²) in [6, 6.07) is 4.65. The van der Waals surface area contributed by atoms with Gasteiger partial charge < -0.3 is 15.0 Å². The zero-order valence-electron chi connectivity index (χ0n) is 10.6. The van der Waals surface area contributed by atoms with E-state index in [1.165, 1.54) is 24.9 Å². The van der Waals surface area contributed by atoms with Crippen LogP contribution < -0.4 is 10.1 Å². The van der Waals surface area contributed by atoms with Crippen molar-refractivity contribution in [2.24, 2.45) is 0 Å². The molecule has 0 aromatic carbocycles. The smallest absolute Gasteiger partial charge is 0.212 e. The van der Waals surface area contributed by atoms with Gasteiger partial charge in [-0.3, -0.25) is 0 Å². The molecule has 4 nitrogen and oxygen atoms in total. The second kappa shape index (κ2) is 5.98. The van der Waals surface area contributed by atoms with Crippen molar-refractivity contribution in [2.75, 3.05) is 27.2 Å². The molecule has 1 N–H and O–H groups in total. The molecule has 2 rings (SSSR count). The largest absolute Gasteiger partial charge is 0.481 e. The quantitative estimate of drug-likeness (QED) is 0.834. The third kappa shape index (κ3) is 3.68. The average Bonchev–Trinajstić information content (AvgIpc) is 2.82. The number of nitrogens with zero attached hydrogens (tertiary/aromatic N) is 2. The molecule has 0 spiro atoms. The lowest BCUT2D eigenvalue weighted by Crippen LogP contribution is -2.34. The lowest BCUT2D eigenvalue weighted by Gasteiger charge is -2.20. The molecule has 17 heavy (non-hydrogen) atoms. The van der Waals surface area contributed by atoms with Crippen LogP contribution in [0.5, 0.6) is 5.88 Å². The summed E-state index contributed by atoms with van der Waals surface area (Å²) in [5, 5.41) is 3.51. The molecule has 94 valence electrons. The zero-order chi connectivity index (χ0) is 12.1. The minimum Gasteiger partial charge on any atom is -0.481 e. The first-order chi connectivity index (χ1) is 8.28. The van der Waals surface area contributed by atoms with Crippen molar-refractivity contribution in [2.45, 2.75) is 25.4 Å². The topological polar surface area (TPSA) is 37.4 Å². The Morgan fingerprint density at radius 2 is 2.41 bits per heavy atom. The summed E-state index contributed by atoms with van der Waals surface area (Å²) >= 11 is 0. The number of hydrogen-bond acceptors (Lipinski definition) is 4. The molecule has 1 saturated heterocycles. The van der Waals surface area contributed by atoms with E-state index >= 15 is 0 Å². The van der Waals surface area contributed by atoms with Crippen molar-refractivity contribution in [1.29, 1.82) is 0 Å². The molecular formula is C13H21N3O. The summed E-state index contributed by atoms with van der Waals surface area (Å²) in [7, 11) is 3.80. The maximum Gasteiger partial charge on any atom is 0.212 e. The highest BCUT2D eigenvalue weighted by molar-refractivity contribution is 5.17. The molecule has 0 amide bonds. The molecule has 4 heteroatoms. The van der Waals surface area contributed by atoms with Crippen LogP contribution >= 0.6 is 0 Å². The number of rotatable bonds is 5. The minimum absolute atomic E-state index is 0.659. The molecule has 1 aromatic rings. The van der Waals surface area contributed by atoms with Gasteiger partial charge in [0.25, 0.3) is 0 Å². The Morgan fingerprint density at radius 3 is 3.00 bits per heavy atom. The second-order valence-electron chi connectivity index (χ2n) is 4.70. The second-order valence-corrected chi connectivity index (χ2v) is 4.70. The van der Waals surface area contributed by atoms with Crippen molar-refractivity contribution in [1.82, 2.24) is 15.2 Å². The Bertz CT molecular complexity index is 333. The number of likely N-dealkylation sites (N-methyl/N-ethyl adjacent to an activating group) is 1. The highest BCUT2D eigenvalue weighted by atomic mass is 16.5. The summed E-state index contributed by atoms with van der Waals surface area (Å²) < 4.78 is 5.05. The molecule has 1 aliphatic rings. The predicted octanol–water partition coefficient (Wildman–Crippen LogP) is 1.27. The van der Waals surface area contributed by atoms with Crippen LogP contribution in [-0.4, -0.2) is 43.2 Å². The van der Waals surface area contributed by atoms with Gasteiger partial charge in [-0.15, -0.1) is 0 Å². The maximum absolute atomic E-state index is 5.05. The van der Waals surface area contributed by atoms with Gasteiger partial charge in [0, 0.05) is 31.4 Å².